The van der Waals surface area contributed by atoms with Crippen LogP contribution < -0.4 is 5.32 Å². The van der Waals surface area contributed by atoms with Crippen LogP contribution in [0.1, 0.15) is 17.3 Å². The zero-order valence-electron chi connectivity index (χ0n) is 8.98. The largest absolute Gasteiger partial charge is 0.313 e. The number of rotatable bonds is 4. The SMILES string of the molecule is CNC(Cc1ccccn1)c1cscc1Br. The molecular formula is C12H13BrN2S. The molecule has 0 saturated carbocycles. The van der Waals surface area contributed by atoms with Crippen LogP contribution in [0.5, 0.6) is 0 Å². The lowest BCUT2D eigenvalue weighted by Gasteiger charge is -2.15. The summed E-state index contributed by atoms with van der Waals surface area (Å²) in [4.78, 5) is 4.35. The van der Waals surface area contributed by atoms with Gasteiger partial charge in [0.2, 0.25) is 0 Å². The van der Waals surface area contributed by atoms with E-state index in [-0.39, 0.29) is 0 Å². The minimum atomic E-state index is 0.315. The van der Waals surface area contributed by atoms with Gasteiger partial charge in [-0.05, 0) is 46.1 Å². The second-order valence-corrected chi connectivity index (χ2v) is 5.14. The van der Waals surface area contributed by atoms with Crippen LogP contribution in [-0.4, -0.2) is 12.0 Å². The van der Waals surface area contributed by atoms with Gasteiger partial charge in [-0.3, -0.25) is 4.98 Å². The second kappa shape index (κ2) is 5.57. The first-order valence-electron chi connectivity index (χ1n) is 5.10. The topological polar surface area (TPSA) is 24.9 Å². The molecule has 0 aliphatic rings. The van der Waals surface area contributed by atoms with Gasteiger partial charge < -0.3 is 5.32 Å². The van der Waals surface area contributed by atoms with Crippen molar-refractivity contribution in [2.45, 2.75) is 12.5 Å². The Labute approximate surface area is 108 Å². The van der Waals surface area contributed by atoms with E-state index in [1.165, 1.54) is 10.0 Å². The fourth-order valence-corrected chi connectivity index (χ4v) is 3.26. The van der Waals surface area contributed by atoms with Crippen LogP contribution in [0.25, 0.3) is 0 Å². The predicted molar refractivity (Wildman–Crippen MR) is 71.8 cm³/mol. The number of nitrogens with zero attached hydrogens (tertiary/aromatic N) is 1. The molecule has 0 aliphatic carbocycles. The summed E-state index contributed by atoms with van der Waals surface area (Å²) in [7, 11) is 1.98. The van der Waals surface area contributed by atoms with Crippen molar-refractivity contribution in [1.29, 1.82) is 0 Å². The molecule has 1 N–H and O–H groups in total. The smallest absolute Gasteiger partial charge is 0.0422 e. The zero-order valence-corrected chi connectivity index (χ0v) is 11.4. The van der Waals surface area contributed by atoms with Gasteiger partial charge in [0.15, 0.2) is 0 Å². The third kappa shape index (κ3) is 2.70. The highest BCUT2D eigenvalue weighted by atomic mass is 79.9. The van der Waals surface area contributed by atoms with Crippen LogP contribution in [0.4, 0.5) is 0 Å². The van der Waals surface area contributed by atoms with Gasteiger partial charge in [-0.2, -0.15) is 11.3 Å². The Hall–Kier alpha value is -0.710. The van der Waals surface area contributed by atoms with Crippen molar-refractivity contribution in [2.24, 2.45) is 0 Å². The van der Waals surface area contributed by atoms with E-state index in [0.29, 0.717) is 6.04 Å². The third-order valence-corrected chi connectivity index (χ3v) is 4.26. The number of halogens is 1. The molecular weight excluding hydrogens is 284 g/mol. The number of likely N-dealkylation sites (N-methyl/N-ethyl adjacent to an activating group) is 1. The van der Waals surface area contributed by atoms with Crippen molar-refractivity contribution in [3.63, 3.8) is 0 Å². The van der Waals surface area contributed by atoms with Crippen LogP contribution >= 0.6 is 27.3 Å². The molecule has 2 heterocycles. The van der Waals surface area contributed by atoms with Crippen molar-refractivity contribution in [2.75, 3.05) is 7.05 Å². The Morgan fingerprint density at radius 2 is 2.31 bits per heavy atom. The van der Waals surface area contributed by atoms with Crippen LogP contribution in [0, 0.1) is 0 Å². The standard InChI is InChI=1S/C12H13BrN2S/c1-14-12(10-7-16-8-11(10)13)6-9-4-2-3-5-15-9/h2-5,7-8,12,14H,6H2,1H3. The van der Waals surface area contributed by atoms with E-state index in [2.05, 4.69) is 43.1 Å². The molecule has 0 amide bonds. The summed E-state index contributed by atoms with van der Waals surface area (Å²) in [5.41, 5.74) is 2.41. The molecule has 2 nitrogen and oxygen atoms in total. The molecule has 0 aliphatic heterocycles. The number of nitrogens with one attached hydrogen (secondary N) is 1. The molecule has 1 atom stereocenters. The normalized spacial score (nSPS) is 12.6. The summed E-state index contributed by atoms with van der Waals surface area (Å²) in [6.07, 6.45) is 2.75. The Bertz CT molecular complexity index is 441. The van der Waals surface area contributed by atoms with E-state index in [4.69, 9.17) is 0 Å². The average molecular weight is 297 g/mol. The van der Waals surface area contributed by atoms with E-state index in [1.54, 1.807) is 11.3 Å². The van der Waals surface area contributed by atoms with E-state index in [9.17, 15) is 0 Å². The minimum Gasteiger partial charge on any atom is -0.313 e. The maximum Gasteiger partial charge on any atom is 0.0422 e. The Morgan fingerprint density at radius 3 is 2.88 bits per heavy atom. The highest BCUT2D eigenvalue weighted by Gasteiger charge is 2.14. The van der Waals surface area contributed by atoms with E-state index < -0.39 is 0 Å². The molecule has 0 spiro atoms. The average Bonchev–Trinajstić information content (AvgIpc) is 2.74. The highest BCUT2D eigenvalue weighted by Crippen LogP contribution is 2.28. The van der Waals surface area contributed by atoms with Crippen LogP contribution in [-0.2, 0) is 6.42 Å². The molecule has 4 heteroatoms. The summed E-state index contributed by atoms with van der Waals surface area (Å²) < 4.78 is 1.17. The van der Waals surface area contributed by atoms with Crippen molar-refractivity contribution >= 4 is 27.3 Å². The summed E-state index contributed by atoms with van der Waals surface area (Å²) >= 11 is 5.28. The van der Waals surface area contributed by atoms with Crippen molar-refractivity contribution in [3.05, 3.63) is 50.9 Å². The van der Waals surface area contributed by atoms with Gasteiger partial charge in [0.05, 0.1) is 0 Å². The molecule has 16 heavy (non-hydrogen) atoms. The lowest BCUT2D eigenvalue weighted by molar-refractivity contribution is 0.584. The first-order chi connectivity index (χ1) is 7.81. The third-order valence-electron chi connectivity index (χ3n) is 2.51. The molecule has 0 bridgehead atoms. The monoisotopic (exact) mass is 296 g/mol. The molecule has 0 fully saturated rings. The number of aromatic nitrogens is 1. The van der Waals surface area contributed by atoms with Crippen molar-refractivity contribution < 1.29 is 0 Å². The maximum absolute atomic E-state index is 4.35. The summed E-state index contributed by atoms with van der Waals surface area (Å²) in [5, 5.41) is 7.61. The Morgan fingerprint density at radius 1 is 1.44 bits per heavy atom. The van der Waals surface area contributed by atoms with Gasteiger partial charge in [-0.1, -0.05) is 6.07 Å². The van der Waals surface area contributed by atoms with Crippen molar-refractivity contribution in [1.82, 2.24) is 10.3 Å². The molecule has 2 aromatic heterocycles. The number of hydrogen-bond acceptors (Lipinski definition) is 3. The van der Waals surface area contributed by atoms with Crippen LogP contribution in [0.15, 0.2) is 39.6 Å². The molecule has 2 rings (SSSR count). The molecule has 0 radical (unpaired) electrons. The Balaban J connectivity index is 2.16. The molecule has 84 valence electrons. The molecule has 0 saturated heterocycles. The zero-order chi connectivity index (χ0) is 11.4. The summed E-state index contributed by atoms with van der Waals surface area (Å²) in [5.74, 6) is 0. The quantitative estimate of drug-likeness (QED) is 0.935. The van der Waals surface area contributed by atoms with Crippen LogP contribution in [0.3, 0.4) is 0 Å². The fourth-order valence-electron chi connectivity index (χ4n) is 1.64. The Kier molecular flexibility index (Phi) is 4.09. The minimum absolute atomic E-state index is 0.315. The lowest BCUT2D eigenvalue weighted by atomic mass is 10.1. The molecule has 0 aromatic carbocycles. The van der Waals surface area contributed by atoms with Gasteiger partial charge in [0, 0.05) is 34.2 Å². The van der Waals surface area contributed by atoms with Crippen LogP contribution in [0.2, 0.25) is 0 Å². The first kappa shape index (κ1) is 11.8. The first-order valence-corrected chi connectivity index (χ1v) is 6.83. The van der Waals surface area contributed by atoms with Gasteiger partial charge >= 0.3 is 0 Å². The maximum atomic E-state index is 4.35. The van der Waals surface area contributed by atoms with Gasteiger partial charge in [-0.25, -0.2) is 0 Å². The van der Waals surface area contributed by atoms with E-state index in [0.717, 1.165) is 12.1 Å². The second-order valence-electron chi connectivity index (χ2n) is 3.54. The molecule has 1 unspecified atom stereocenters. The van der Waals surface area contributed by atoms with E-state index in [1.807, 2.05) is 25.4 Å². The number of hydrogen-bond donors (Lipinski definition) is 1. The fraction of sp³-hybridized carbons (Fsp3) is 0.250. The predicted octanol–water partition coefficient (Wildman–Crippen LogP) is 3.41. The summed E-state index contributed by atoms with van der Waals surface area (Å²) in [6.45, 7) is 0. The van der Waals surface area contributed by atoms with Gasteiger partial charge in [-0.15, -0.1) is 0 Å². The van der Waals surface area contributed by atoms with Gasteiger partial charge in [0.1, 0.15) is 0 Å². The molecule has 2 aromatic rings. The van der Waals surface area contributed by atoms with Gasteiger partial charge in [0.25, 0.3) is 0 Å². The number of thiophene rings is 1. The van der Waals surface area contributed by atoms with E-state index >= 15 is 0 Å². The highest BCUT2D eigenvalue weighted by molar-refractivity contribution is 9.10. The number of pyridine rings is 1. The lowest BCUT2D eigenvalue weighted by Crippen LogP contribution is -2.19. The van der Waals surface area contributed by atoms with Crippen molar-refractivity contribution in [3.8, 4) is 0 Å². The summed E-state index contributed by atoms with van der Waals surface area (Å²) in [6, 6.07) is 6.34.